The average Bonchev–Trinajstić information content (AvgIpc) is 2.42. The molecule has 0 aliphatic carbocycles. The predicted molar refractivity (Wildman–Crippen MR) is 87.8 cm³/mol. The first-order valence-corrected chi connectivity index (χ1v) is 8.59. The van der Waals surface area contributed by atoms with E-state index in [0.29, 0.717) is 9.50 Å². The number of nitro groups is 1. The molecule has 0 amide bonds. The van der Waals surface area contributed by atoms with E-state index in [9.17, 15) is 18.5 Å². The number of nitrogens with one attached hydrogen (secondary N) is 1. The fourth-order valence-corrected chi connectivity index (χ4v) is 3.58. The highest BCUT2D eigenvalue weighted by Crippen LogP contribution is 2.29. The summed E-state index contributed by atoms with van der Waals surface area (Å²) in [6.07, 6.45) is 0. The minimum atomic E-state index is -3.88. The highest BCUT2D eigenvalue weighted by Gasteiger charge is 2.19. The van der Waals surface area contributed by atoms with Crippen molar-refractivity contribution in [3.8, 4) is 0 Å². The van der Waals surface area contributed by atoms with E-state index in [1.807, 2.05) is 0 Å². The van der Waals surface area contributed by atoms with Gasteiger partial charge in [0.1, 0.15) is 0 Å². The van der Waals surface area contributed by atoms with Crippen molar-refractivity contribution in [1.29, 1.82) is 0 Å². The maximum absolute atomic E-state index is 12.4. The molecule has 0 saturated heterocycles. The lowest BCUT2D eigenvalue weighted by atomic mass is 10.2. The topological polar surface area (TPSA) is 89.3 Å². The van der Waals surface area contributed by atoms with Gasteiger partial charge in [0.2, 0.25) is 0 Å². The summed E-state index contributed by atoms with van der Waals surface area (Å²) >= 11 is 9.07. The first-order valence-electron chi connectivity index (χ1n) is 5.93. The lowest BCUT2D eigenvalue weighted by Gasteiger charge is -2.10. The van der Waals surface area contributed by atoms with Crippen molar-refractivity contribution in [2.45, 2.75) is 11.8 Å². The molecule has 0 saturated carbocycles. The van der Waals surface area contributed by atoms with E-state index in [1.54, 1.807) is 12.1 Å². The van der Waals surface area contributed by atoms with Gasteiger partial charge in [-0.05, 0) is 53.2 Å². The molecular formula is C13H10BrClN2O4S. The molecule has 6 nitrogen and oxygen atoms in total. The van der Waals surface area contributed by atoms with Crippen molar-refractivity contribution >= 4 is 48.9 Å². The van der Waals surface area contributed by atoms with E-state index >= 15 is 0 Å². The third kappa shape index (κ3) is 3.57. The zero-order valence-corrected chi connectivity index (χ0v) is 14.4. The Morgan fingerprint density at radius 3 is 2.50 bits per heavy atom. The molecule has 2 rings (SSSR count). The molecule has 0 atom stereocenters. The predicted octanol–water partition coefficient (Wildman–Crippen LogP) is 4.12. The molecule has 0 aliphatic heterocycles. The van der Waals surface area contributed by atoms with Crippen molar-refractivity contribution in [2.75, 3.05) is 4.72 Å². The Labute approximate surface area is 140 Å². The number of hydrogen-bond donors (Lipinski definition) is 1. The highest BCUT2D eigenvalue weighted by molar-refractivity contribution is 9.10. The summed E-state index contributed by atoms with van der Waals surface area (Å²) in [5.74, 6) is 0. The molecule has 0 spiro atoms. The molecule has 2 aromatic carbocycles. The van der Waals surface area contributed by atoms with Gasteiger partial charge in [-0.3, -0.25) is 14.8 Å². The number of benzene rings is 2. The number of anilines is 1. The molecule has 0 aromatic heterocycles. The van der Waals surface area contributed by atoms with Crippen LogP contribution < -0.4 is 4.72 Å². The fraction of sp³-hybridized carbons (Fsp3) is 0.0769. The van der Waals surface area contributed by atoms with Crippen LogP contribution in [0.4, 0.5) is 11.4 Å². The molecule has 1 N–H and O–H groups in total. The van der Waals surface area contributed by atoms with Gasteiger partial charge in [0.15, 0.2) is 0 Å². The van der Waals surface area contributed by atoms with Gasteiger partial charge in [0, 0.05) is 21.1 Å². The first kappa shape index (κ1) is 16.7. The molecule has 2 aromatic rings. The monoisotopic (exact) mass is 404 g/mol. The average molecular weight is 406 g/mol. The van der Waals surface area contributed by atoms with Crippen LogP contribution in [0, 0.1) is 17.0 Å². The maximum Gasteiger partial charge on any atom is 0.272 e. The smallest absolute Gasteiger partial charge is 0.272 e. The zero-order chi connectivity index (χ0) is 16.5. The van der Waals surface area contributed by atoms with E-state index in [0.717, 1.165) is 6.07 Å². The van der Waals surface area contributed by atoms with Crippen molar-refractivity contribution in [1.82, 2.24) is 0 Å². The quantitative estimate of drug-likeness (QED) is 0.612. The Hall–Kier alpha value is -1.64. The Bertz CT molecular complexity index is 855. The van der Waals surface area contributed by atoms with Crippen molar-refractivity contribution in [3.05, 3.63) is 61.6 Å². The van der Waals surface area contributed by atoms with Gasteiger partial charge in [-0.2, -0.15) is 0 Å². The molecular weight excluding hydrogens is 396 g/mol. The van der Waals surface area contributed by atoms with Gasteiger partial charge in [0.05, 0.1) is 15.5 Å². The second kappa shape index (κ2) is 6.23. The van der Waals surface area contributed by atoms with Gasteiger partial charge in [0.25, 0.3) is 15.7 Å². The van der Waals surface area contributed by atoms with Crippen LogP contribution in [-0.4, -0.2) is 13.3 Å². The van der Waals surface area contributed by atoms with E-state index in [2.05, 4.69) is 20.7 Å². The first-order chi connectivity index (χ1) is 10.2. The van der Waals surface area contributed by atoms with Crippen LogP contribution in [0.5, 0.6) is 0 Å². The van der Waals surface area contributed by atoms with Crippen LogP contribution in [0.1, 0.15) is 5.56 Å². The minimum Gasteiger partial charge on any atom is -0.278 e. The summed E-state index contributed by atoms with van der Waals surface area (Å²) in [4.78, 5) is 10.1. The lowest BCUT2D eigenvalue weighted by Crippen LogP contribution is -2.13. The van der Waals surface area contributed by atoms with Crippen LogP contribution in [-0.2, 0) is 10.0 Å². The van der Waals surface area contributed by atoms with Crippen LogP contribution in [0.3, 0.4) is 0 Å². The third-order valence-corrected chi connectivity index (χ3v) is 5.14. The Balaban J connectivity index is 2.41. The molecule has 22 heavy (non-hydrogen) atoms. The fourth-order valence-electron chi connectivity index (χ4n) is 1.78. The number of halogens is 2. The second-order valence-corrected chi connectivity index (χ2v) is 7.41. The van der Waals surface area contributed by atoms with Gasteiger partial charge in [-0.25, -0.2) is 8.42 Å². The number of aryl methyl sites for hydroxylation is 1. The Morgan fingerprint density at radius 2 is 1.91 bits per heavy atom. The Kier molecular flexibility index (Phi) is 4.74. The molecule has 0 fully saturated rings. The number of hydrogen-bond acceptors (Lipinski definition) is 4. The van der Waals surface area contributed by atoms with E-state index in [4.69, 9.17) is 11.6 Å². The van der Waals surface area contributed by atoms with Gasteiger partial charge in [-0.15, -0.1) is 0 Å². The highest BCUT2D eigenvalue weighted by atomic mass is 79.9. The number of nitro benzene ring substituents is 1. The van der Waals surface area contributed by atoms with E-state index < -0.39 is 14.9 Å². The molecule has 0 unspecified atom stereocenters. The number of rotatable bonds is 4. The van der Waals surface area contributed by atoms with Crippen LogP contribution in [0.25, 0.3) is 0 Å². The summed E-state index contributed by atoms with van der Waals surface area (Å²) in [6.45, 7) is 1.48. The largest absolute Gasteiger partial charge is 0.278 e. The molecule has 0 radical (unpaired) electrons. The summed E-state index contributed by atoms with van der Waals surface area (Å²) in [5, 5.41) is 11.2. The Morgan fingerprint density at radius 1 is 1.23 bits per heavy atom. The maximum atomic E-state index is 12.4. The normalized spacial score (nSPS) is 11.2. The van der Waals surface area contributed by atoms with E-state index in [-0.39, 0.29) is 21.8 Å². The van der Waals surface area contributed by atoms with Crippen LogP contribution in [0.2, 0.25) is 5.02 Å². The zero-order valence-electron chi connectivity index (χ0n) is 11.2. The second-order valence-electron chi connectivity index (χ2n) is 4.44. The van der Waals surface area contributed by atoms with Gasteiger partial charge in [-0.1, -0.05) is 11.6 Å². The summed E-state index contributed by atoms with van der Waals surface area (Å²) in [6, 6.07) is 8.28. The molecule has 116 valence electrons. The van der Waals surface area contributed by atoms with Crippen LogP contribution >= 0.6 is 27.5 Å². The summed E-state index contributed by atoms with van der Waals surface area (Å²) in [7, 11) is -3.88. The van der Waals surface area contributed by atoms with Crippen molar-refractivity contribution in [3.63, 3.8) is 0 Å². The minimum absolute atomic E-state index is 0.0672. The third-order valence-electron chi connectivity index (χ3n) is 2.85. The lowest BCUT2D eigenvalue weighted by molar-refractivity contribution is -0.385. The standard InChI is InChI=1S/C13H10BrClN2O4S/c1-8-6-10(3-5-13(8)17(18)19)22(20,21)16-12-7-9(15)2-4-11(12)14/h2-7,16H,1H3. The molecule has 0 heterocycles. The van der Waals surface area contributed by atoms with Crippen molar-refractivity contribution in [2.24, 2.45) is 0 Å². The summed E-state index contributed by atoms with van der Waals surface area (Å²) < 4.78 is 27.6. The molecule has 0 aliphatic rings. The SMILES string of the molecule is Cc1cc(S(=O)(=O)Nc2cc(Cl)ccc2Br)ccc1[N+](=O)[O-]. The molecule has 9 heteroatoms. The number of nitrogens with zero attached hydrogens (tertiary/aromatic N) is 1. The van der Waals surface area contributed by atoms with Crippen molar-refractivity contribution < 1.29 is 13.3 Å². The van der Waals surface area contributed by atoms with E-state index in [1.165, 1.54) is 25.1 Å². The molecule has 0 bridgehead atoms. The summed E-state index contributed by atoms with van der Waals surface area (Å²) in [5.41, 5.74) is 0.407. The number of sulfonamides is 1. The van der Waals surface area contributed by atoms with Gasteiger partial charge >= 0.3 is 0 Å². The van der Waals surface area contributed by atoms with Gasteiger partial charge < -0.3 is 0 Å². The van der Waals surface area contributed by atoms with Crippen LogP contribution in [0.15, 0.2) is 45.8 Å².